The molecule has 0 saturated heterocycles. The van der Waals surface area contributed by atoms with Crippen molar-refractivity contribution >= 4 is 50.7 Å². The molecule has 0 atom stereocenters. The standard InChI is InChI=1S/C37H35N2S2.HI/c1-3-38-31-20-10-12-22-33(31)40-35(38)24-14-8-18-29-26-27-30(37(29)28-16-6-5-7-17-28)19-9-15-25-36-39(4-2)32-21-11-13-23-34(32)41-36;/h5-25H,3-4,26-27H2,1-2H3;1H/q+1;/p-1. The zero-order valence-corrected chi connectivity index (χ0v) is 27.8. The van der Waals surface area contributed by atoms with Gasteiger partial charge in [-0.3, -0.25) is 0 Å². The molecule has 0 saturated carbocycles. The molecule has 212 valence electrons. The van der Waals surface area contributed by atoms with Gasteiger partial charge in [0.05, 0.1) is 10.7 Å². The van der Waals surface area contributed by atoms with Crippen LogP contribution in [0.5, 0.6) is 0 Å². The van der Waals surface area contributed by atoms with Crippen molar-refractivity contribution in [2.45, 2.75) is 38.1 Å². The summed E-state index contributed by atoms with van der Waals surface area (Å²) in [7, 11) is 0. The van der Waals surface area contributed by atoms with E-state index in [1.807, 2.05) is 23.1 Å². The molecule has 0 spiro atoms. The second kappa shape index (κ2) is 14.4. The van der Waals surface area contributed by atoms with Crippen LogP contribution in [0.4, 0.5) is 5.69 Å². The largest absolute Gasteiger partial charge is 1.00 e. The van der Waals surface area contributed by atoms with E-state index in [0.717, 1.165) is 25.9 Å². The Kier molecular flexibility index (Phi) is 10.4. The van der Waals surface area contributed by atoms with E-state index < -0.39 is 0 Å². The lowest BCUT2D eigenvalue weighted by molar-refractivity contribution is -0.665. The highest BCUT2D eigenvalue weighted by molar-refractivity contribution is 8.03. The Balaban J connectivity index is 0.00000353. The minimum absolute atomic E-state index is 0. The SMILES string of the molecule is CCN1/C(=C/C=C/C=C2\CCC(/C=C/C=C/c3sc4ccccc4[n+]3CC)=C2c2ccccc2)Sc2ccccc21.[I-]. The van der Waals surface area contributed by atoms with Crippen molar-refractivity contribution in [2.75, 3.05) is 11.4 Å². The van der Waals surface area contributed by atoms with Gasteiger partial charge in [0.25, 0.3) is 5.01 Å². The number of benzene rings is 3. The van der Waals surface area contributed by atoms with E-state index >= 15 is 0 Å². The third-order valence-corrected chi connectivity index (χ3v) is 9.83. The Morgan fingerprint density at radius 2 is 1.52 bits per heavy atom. The summed E-state index contributed by atoms with van der Waals surface area (Å²) in [5.41, 5.74) is 8.08. The van der Waals surface area contributed by atoms with E-state index in [9.17, 15) is 0 Å². The summed E-state index contributed by atoms with van der Waals surface area (Å²) in [4.78, 5) is 3.72. The van der Waals surface area contributed by atoms with E-state index in [4.69, 9.17) is 0 Å². The van der Waals surface area contributed by atoms with Gasteiger partial charge in [0.15, 0.2) is 0 Å². The van der Waals surface area contributed by atoms with E-state index in [1.54, 1.807) is 0 Å². The van der Waals surface area contributed by atoms with Crippen molar-refractivity contribution in [3.8, 4) is 0 Å². The first-order valence-electron chi connectivity index (χ1n) is 14.4. The Morgan fingerprint density at radius 1 is 0.786 bits per heavy atom. The average Bonchev–Trinajstić information content (AvgIpc) is 3.70. The van der Waals surface area contributed by atoms with E-state index in [0.29, 0.717) is 0 Å². The molecule has 1 aliphatic heterocycles. The van der Waals surface area contributed by atoms with Crippen molar-refractivity contribution in [1.82, 2.24) is 0 Å². The number of halogens is 1. The second-order valence-electron chi connectivity index (χ2n) is 10.0. The molecule has 42 heavy (non-hydrogen) atoms. The van der Waals surface area contributed by atoms with Crippen LogP contribution in [-0.4, -0.2) is 6.54 Å². The zero-order valence-electron chi connectivity index (χ0n) is 24.0. The number of hydrogen-bond donors (Lipinski definition) is 0. The fourth-order valence-corrected chi connectivity index (χ4v) is 7.94. The number of thiazole rings is 1. The summed E-state index contributed by atoms with van der Waals surface area (Å²) in [5, 5.41) is 2.57. The molecule has 1 aromatic heterocycles. The number of rotatable bonds is 8. The highest BCUT2D eigenvalue weighted by atomic mass is 127. The fraction of sp³-hybridized carbons (Fsp3) is 0.162. The number of fused-ring (bicyclic) bond motifs is 2. The maximum absolute atomic E-state index is 2.39. The molecule has 6 rings (SSSR count). The maximum atomic E-state index is 2.39. The first-order chi connectivity index (χ1) is 20.3. The third-order valence-electron chi connectivity index (χ3n) is 7.57. The first kappa shape index (κ1) is 30.3. The van der Waals surface area contributed by atoms with E-state index in [2.05, 4.69) is 151 Å². The summed E-state index contributed by atoms with van der Waals surface area (Å²) < 4.78 is 3.72. The molecule has 0 amide bonds. The molecule has 2 heterocycles. The Labute approximate surface area is 275 Å². The summed E-state index contributed by atoms with van der Waals surface area (Å²) >= 11 is 3.70. The first-order valence-corrected chi connectivity index (χ1v) is 16.1. The number of para-hydroxylation sites is 2. The van der Waals surface area contributed by atoms with Gasteiger partial charge in [0, 0.05) is 23.6 Å². The van der Waals surface area contributed by atoms with Crippen LogP contribution < -0.4 is 33.4 Å². The molecule has 0 unspecified atom stereocenters. The fourth-order valence-electron chi connectivity index (χ4n) is 5.66. The van der Waals surface area contributed by atoms with Crippen LogP contribution >= 0.6 is 23.1 Å². The highest BCUT2D eigenvalue weighted by Crippen LogP contribution is 2.45. The van der Waals surface area contributed by atoms with Crippen LogP contribution in [0, 0.1) is 0 Å². The van der Waals surface area contributed by atoms with Crippen molar-refractivity contribution in [3.63, 3.8) is 0 Å². The second-order valence-corrected chi connectivity index (χ2v) is 12.2. The molecular weight excluding hydrogens is 663 g/mol. The van der Waals surface area contributed by atoms with Gasteiger partial charge in [-0.05, 0) is 73.2 Å². The number of nitrogens with zero attached hydrogens (tertiary/aromatic N) is 2. The highest BCUT2D eigenvalue weighted by Gasteiger charge is 2.23. The monoisotopic (exact) mass is 698 g/mol. The minimum atomic E-state index is 0. The van der Waals surface area contributed by atoms with Crippen molar-refractivity contribution < 1.29 is 28.5 Å². The van der Waals surface area contributed by atoms with Crippen LogP contribution in [0.1, 0.15) is 37.3 Å². The summed E-state index contributed by atoms with van der Waals surface area (Å²) in [6, 6.07) is 28.2. The molecular formula is C37H35IN2S2. The van der Waals surface area contributed by atoms with Gasteiger partial charge in [-0.1, -0.05) is 114 Å². The van der Waals surface area contributed by atoms with Crippen LogP contribution in [0.15, 0.2) is 142 Å². The van der Waals surface area contributed by atoms with Crippen molar-refractivity contribution in [3.05, 3.63) is 148 Å². The quantitative estimate of drug-likeness (QED) is 0.111. The topological polar surface area (TPSA) is 7.12 Å². The number of hydrogen-bond acceptors (Lipinski definition) is 3. The number of thioether (sulfide) groups is 1. The number of allylic oxidation sites excluding steroid dienone is 10. The van der Waals surface area contributed by atoms with Crippen molar-refractivity contribution in [2.24, 2.45) is 0 Å². The number of aromatic nitrogens is 1. The summed E-state index contributed by atoms with van der Waals surface area (Å²) in [6.45, 7) is 6.37. The van der Waals surface area contributed by atoms with Gasteiger partial charge in [0.1, 0.15) is 11.2 Å². The summed E-state index contributed by atoms with van der Waals surface area (Å²) in [5.74, 6) is 0. The third kappa shape index (κ3) is 6.43. The lowest BCUT2D eigenvalue weighted by Crippen LogP contribution is -3.00. The average molecular weight is 699 g/mol. The lowest BCUT2D eigenvalue weighted by atomic mass is 9.98. The van der Waals surface area contributed by atoms with Crippen LogP contribution in [0.25, 0.3) is 21.9 Å². The van der Waals surface area contributed by atoms with E-state index in [1.165, 1.54) is 53.1 Å². The maximum Gasteiger partial charge on any atom is 0.262 e. The van der Waals surface area contributed by atoms with Crippen molar-refractivity contribution in [1.29, 1.82) is 0 Å². The van der Waals surface area contributed by atoms with Gasteiger partial charge in [-0.15, -0.1) is 0 Å². The zero-order chi connectivity index (χ0) is 28.0. The molecule has 4 aromatic rings. The molecule has 0 bridgehead atoms. The normalized spacial score (nSPS) is 17.1. The van der Waals surface area contributed by atoms with E-state index in [-0.39, 0.29) is 24.0 Å². The lowest BCUT2D eigenvalue weighted by Gasteiger charge is -2.17. The van der Waals surface area contributed by atoms with Gasteiger partial charge < -0.3 is 28.9 Å². The molecule has 3 aromatic carbocycles. The predicted molar refractivity (Wildman–Crippen MR) is 179 cm³/mol. The Bertz CT molecular complexity index is 1740. The molecule has 2 nitrogen and oxygen atoms in total. The molecule has 5 heteroatoms. The number of aryl methyl sites for hydroxylation is 1. The van der Waals surface area contributed by atoms with Crippen LogP contribution in [-0.2, 0) is 6.54 Å². The van der Waals surface area contributed by atoms with Crippen LogP contribution in [0.3, 0.4) is 0 Å². The van der Waals surface area contributed by atoms with Gasteiger partial charge in [-0.2, -0.15) is 4.57 Å². The molecule has 1 aliphatic carbocycles. The molecule has 2 aliphatic rings. The molecule has 0 N–H and O–H groups in total. The number of anilines is 1. The van der Waals surface area contributed by atoms with Gasteiger partial charge in [0.2, 0.25) is 5.52 Å². The summed E-state index contributed by atoms with van der Waals surface area (Å²) in [6.07, 6.45) is 20.0. The molecule has 0 fully saturated rings. The Morgan fingerprint density at radius 3 is 2.36 bits per heavy atom. The Hall–Kier alpha value is -3.13. The smallest absolute Gasteiger partial charge is 0.262 e. The molecule has 0 radical (unpaired) electrons. The predicted octanol–water partition coefficient (Wildman–Crippen LogP) is 6.99. The van der Waals surface area contributed by atoms with Gasteiger partial charge >= 0.3 is 0 Å². The van der Waals surface area contributed by atoms with Crippen LogP contribution in [0.2, 0.25) is 0 Å². The van der Waals surface area contributed by atoms with Gasteiger partial charge in [-0.25, -0.2) is 0 Å². The minimum Gasteiger partial charge on any atom is -1.00 e.